The lowest BCUT2D eigenvalue weighted by molar-refractivity contribution is 0.221. The van der Waals surface area contributed by atoms with Crippen molar-refractivity contribution in [3.8, 4) is 0 Å². The van der Waals surface area contributed by atoms with Crippen LogP contribution >= 0.6 is 35.3 Å². The van der Waals surface area contributed by atoms with Gasteiger partial charge in [-0.2, -0.15) is 0 Å². The second-order valence-electron chi connectivity index (χ2n) is 6.91. The molecule has 8 heteroatoms. The van der Waals surface area contributed by atoms with Gasteiger partial charge in [0.2, 0.25) is 0 Å². The van der Waals surface area contributed by atoms with Crippen molar-refractivity contribution in [2.45, 2.75) is 45.6 Å². The number of aromatic nitrogens is 1. The first-order chi connectivity index (χ1) is 13.3. The number of hydrogen-bond acceptors (Lipinski definition) is 5. The topological polar surface area (TPSA) is 65.7 Å². The highest BCUT2D eigenvalue weighted by atomic mass is 127. The van der Waals surface area contributed by atoms with Gasteiger partial charge < -0.3 is 15.1 Å². The summed E-state index contributed by atoms with van der Waals surface area (Å²) in [4.78, 5) is 11.9. The molecule has 0 aliphatic carbocycles. The van der Waals surface area contributed by atoms with Crippen LogP contribution in [0.15, 0.2) is 33.2 Å². The Labute approximate surface area is 189 Å². The summed E-state index contributed by atoms with van der Waals surface area (Å²) >= 11 is 1.74. The zero-order valence-electron chi connectivity index (χ0n) is 16.8. The summed E-state index contributed by atoms with van der Waals surface area (Å²) in [5, 5.41) is 10.1. The third kappa shape index (κ3) is 7.04. The summed E-state index contributed by atoms with van der Waals surface area (Å²) in [5.41, 5.74) is 1.11. The lowest BCUT2D eigenvalue weighted by Crippen LogP contribution is -2.39. The highest BCUT2D eigenvalue weighted by molar-refractivity contribution is 14.0. The van der Waals surface area contributed by atoms with Crippen LogP contribution in [0.4, 0.5) is 0 Å². The Balaban J connectivity index is 0.00000280. The number of likely N-dealkylation sites (tertiary alicyclic amines) is 1. The maximum Gasteiger partial charge on any atom is 0.191 e. The Bertz CT molecular complexity index is 697. The van der Waals surface area contributed by atoms with Gasteiger partial charge in [-0.3, -0.25) is 9.89 Å². The van der Waals surface area contributed by atoms with Crippen LogP contribution in [0, 0.1) is 6.92 Å². The zero-order chi connectivity index (χ0) is 18.9. The number of aryl methyl sites for hydroxylation is 2. The summed E-state index contributed by atoms with van der Waals surface area (Å²) in [6.45, 7) is 8.83. The second-order valence-corrected chi connectivity index (χ2v) is 7.85. The summed E-state index contributed by atoms with van der Waals surface area (Å²) in [6, 6.07) is 4.25. The van der Waals surface area contributed by atoms with Crippen molar-refractivity contribution in [3.63, 3.8) is 0 Å². The van der Waals surface area contributed by atoms with E-state index in [-0.39, 0.29) is 30.0 Å². The lowest BCUT2D eigenvalue weighted by Gasteiger charge is -2.24. The molecule has 1 unspecified atom stereocenters. The Kier molecular flexibility index (Phi) is 10.3. The molecule has 0 bridgehead atoms. The zero-order valence-corrected chi connectivity index (χ0v) is 20.0. The molecular formula is C20H32IN5OS. The molecule has 2 aromatic rings. The lowest BCUT2D eigenvalue weighted by atomic mass is 10.2. The van der Waals surface area contributed by atoms with E-state index < -0.39 is 0 Å². The predicted octanol–water partition coefficient (Wildman–Crippen LogP) is 3.99. The first kappa shape index (κ1) is 23.2. The molecule has 0 amide bonds. The maximum absolute atomic E-state index is 5.69. The van der Waals surface area contributed by atoms with Crippen LogP contribution in [-0.2, 0) is 6.42 Å². The average Bonchev–Trinajstić information content (AvgIpc) is 3.42. The number of guanidine groups is 1. The first-order valence-corrected chi connectivity index (χ1v) is 10.8. The van der Waals surface area contributed by atoms with Crippen LogP contribution in [0.25, 0.3) is 0 Å². The molecule has 156 valence electrons. The van der Waals surface area contributed by atoms with E-state index >= 15 is 0 Å². The van der Waals surface area contributed by atoms with Crippen molar-refractivity contribution in [2.24, 2.45) is 4.99 Å². The van der Waals surface area contributed by atoms with E-state index in [1.165, 1.54) is 17.8 Å². The van der Waals surface area contributed by atoms with Crippen molar-refractivity contribution in [2.75, 3.05) is 32.7 Å². The molecule has 0 spiro atoms. The fourth-order valence-corrected chi connectivity index (χ4v) is 4.22. The van der Waals surface area contributed by atoms with Crippen LogP contribution in [0.2, 0.25) is 0 Å². The molecule has 0 saturated carbocycles. The summed E-state index contributed by atoms with van der Waals surface area (Å²) in [5.74, 6) is 1.89. The molecule has 0 radical (unpaired) electrons. The largest absolute Gasteiger partial charge is 0.468 e. The van der Waals surface area contributed by atoms with Gasteiger partial charge in [-0.25, -0.2) is 4.98 Å². The van der Waals surface area contributed by atoms with Gasteiger partial charge in [0.1, 0.15) is 5.76 Å². The van der Waals surface area contributed by atoms with Crippen molar-refractivity contribution in [3.05, 3.63) is 40.2 Å². The van der Waals surface area contributed by atoms with E-state index in [0.717, 1.165) is 56.4 Å². The van der Waals surface area contributed by atoms with Gasteiger partial charge in [0.05, 0.1) is 23.9 Å². The van der Waals surface area contributed by atoms with E-state index in [1.54, 1.807) is 17.6 Å². The van der Waals surface area contributed by atoms with Crippen LogP contribution in [0.1, 0.15) is 48.7 Å². The molecule has 1 fully saturated rings. The SMILES string of the molecule is CCNC(=NCC(c1ccco1)N1CCCC1)NCCCc1nc(C)cs1.I. The Morgan fingerprint density at radius 1 is 1.36 bits per heavy atom. The van der Waals surface area contributed by atoms with Crippen molar-refractivity contribution in [1.29, 1.82) is 0 Å². The van der Waals surface area contributed by atoms with E-state index in [0.29, 0.717) is 6.54 Å². The molecule has 28 heavy (non-hydrogen) atoms. The number of aliphatic imine (C=N–C) groups is 1. The second kappa shape index (κ2) is 12.4. The van der Waals surface area contributed by atoms with Gasteiger partial charge in [0, 0.05) is 30.6 Å². The van der Waals surface area contributed by atoms with Crippen molar-refractivity contribution in [1.82, 2.24) is 20.5 Å². The summed E-state index contributed by atoms with van der Waals surface area (Å²) in [6.07, 6.45) is 6.33. The molecule has 1 aliphatic heterocycles. The number of nitrogens with zero attached hydrogens (tertiary/aromatic N) is 3. The average molecular weight is 517 g/mol. The van der Waals surface area contributed by atoms with E-state index in [2.05, 4.69) is 38.9 Å². The van der Waals surface area contributed by atoms with E-state index in [4.69, 9.17) is 9.41 Å². The monoisotopic (exact) mass is 517 g/mol. The van der Waals surface area contributed by atoms with Gasteiger partial charge in [-0.05, 0) is 58.3 Å². The smallest absolute Gasteiger partial charge is 0.191 e. The Hall–Kier alpha value is -1.13. The van der Waals surface area contributed by atoms with Gasteiger partial charge in [0.15, 0.2) is 5.96 Å². The molecule has 3 rings (SSSR count). The molecule has 1 saturated heterocycles. The minimum absolute atomic E-state index is 0. The molecule has 6 nitrogen and oxygen atoms in total. The molecular weight excluding hydrogens is 485 g/mol. The Morgan fingerprint density at radius 3 is 2.82 bits per heavy atom. The Morgan fingerprint density at radius 2 is 2.18 bits per heavy atom. The number of furan rings is 1. The van der Waals surface area contributed by atoms with E-state index in [9.17, 15) is 0 Å². The molecule has 1 atom stereocenters. The van der Waals surface area contributed by atoms with E-state index in [1.807, 2.05) is 13.0 Å². The maximum atomic E-state index is 5.69. The third-order valence-electron chi connectivity index (χ3n) is 4.75. The fourth-order valence-electron chi connectivity index (χ4n) is 3.40. The fraction of sp³-hybridized carbons (Fsp3) is 0.600. The molecule has 1 aliphatic rings. The number of thiazole rings is 1. The van der Waals surface area contributed by atoms with Crippen LogP contribution in [0.5, 0.6) is 0 Å². The van der Waals surface area contributed by atoms with Crippen molar-refractivity contribution < 1.29 is 4.42 Å². The third-order valence-corrected chi connectivity index (χ3v) is 5.77. The first-order valence-electron chi connectivity index (χ1n) is 9.97. The van der Waals surface area contributed by atoms with Gasteiger partial charge in [-0.1, -0.05) is 0 Å². The van der Waals surface area contributed by atoms with Crippen LogP contribution in [-0.4, -0.2) is 48.6 Å². The minimum Gasteiger partial charge on any atom is -0.468 e. The van der Waals surface area contributed by atoms with Crippen LogP contribution < -0.4 is 10.6 Å². The normalized spacial score (nSPS) is 16.0. The summed E-state index contributed by atoms with van der Waals surface area (Å²) < 4.78 is 5.69. The van der Waals surface area contributed by atoms with Gasteiger partial charge in [0.25, 0.3) is 0 Å². The van der Waals surface area contributed by atoms with Crippen LogP contribution in [0.3, 0.4) is 0 Å². The highest BCUT2D eigenvalue weighted by Crippen LogP contribution is 2.25. The van der Waals surface area contributed by atoms with Gasteiger partial charge in [-0.15, -0.1) is 35.3 Å². The predicted molar refractivity (Wildman–Crippen MR) is 127 cm³/mol. The molecule has 0 aromatic carbocycles. The van der Waals surface area contributed by atoms with Crippen molar-refractivity contribution >= 4 is 41.3 Å². The number of halogens is 1. The minimum atomic E-state index is 0. The van der Waals surface area contributed by atoms with Gasteiger partial charge >= 0.3 is 0 Å². The number of nitrogens with one attached hydrogen (secondary N) is 2. The number of hydrogen-bond donors (Lipinski definition) is 2. The summed E-state index contributed by atoms with van der Waals surface area (Å²) in [7, 11) is 0. The molecule has 2 aromatic heterocycles. The highest BCUT2D eigenvalue weighted by Gasteiger charge is 2.25. The number of rotatable bonds is 9. The standard InChI is InChI=1S/C20H31N5OS.HI/c1-3-21-20(22-10-6-9-19-24-16(2)15-27-19)23-14-17(18-8-7-13-26-18)25-11-4-5-12-25;/h7-8,13,15,17H,3-6,9-12,14H2,1-2H3,(H2,21,22,23);1H. The molecule has 2 N–H and O–H groups in total. The molecule has 3 heterocycles. The quantitative estimate of drug-likeness (QED) is 0.228.